The fraction of sp³-hybridized carbons (Fsp3) is 0.240. The van der Waals surface area contributed by atoms with Crippen LogP contribution >= 0.6 is 0 Å². The molecule has 0 aliphatic rings. The number of carbonyl (C=O) groups excluding carboxylic acids is 1. The highest BCUT2D eigenvalue weighted by Gasteiger charge is 2.15. The summed E-state index contributed by atoms with van der Waals surface area (Å²) in [4.78, 5) is 20.3. The molecule has 2 heterocycles. The monoisotopic (exact) mass is 415 g/mol. The fourth-order valence-corrected chi connectivity index (χ4v) is 3.51. The van der Waals surface area contributed by atoms with Crippen LogP contribution in [0.1, 0.15) is 25.7 Å². The number of aromatic nitrogens is 3. The van der Waals surface area contributed by atoms with Crippen molar-refractivity contribution in [1.29, 1.82) is 0 Å². The first kappa shape index (κ1) is 20.6. The molecule has 4 rings (SSSR count). The lowest BCUT2D eigenvalue weighted by Crippen LogP contribution is -2.01. The van der Waals surface area contributed by atoms with E-state index in [1.54, 1.807) is 6.20 Å². The minimum Gasteiger partial charge on any atom is -0.494 e. The Morgan fingerprint density at radius 2 is 1.87 bits per heavy atom. The second-order valence-corrected chi connectivity index (χ2v) is 7.23. The maximum atomic E-state index is 11.2. The van der Waals surface area contributed by atoms with Crippen molar-refractivity contribution in [2.45, 2.75) is 25.7 Å². The van der Waals surface area contributed by atoms with E-state index in [2.05, 4.69) is 26.4 Å². The molecule has 31 heavy (non-hydrogen) atoms. The number of imidazole rings is 1. The Kier molecular flexibility index (Phi) is 6.57. The summed E-state index contributed by atoms with van der Waals surface area (Å²) in [6.07, 6.45) is 6.65. The van der Waals surface area contributed by atoms with Gasteiger partial charge in [0.25, 0.3) is 0 Å². The minimum atomic E-state index is -0.162. The molecule has 0 atom stereocenters. The molecular weight excluding hydrogens is 390 g/mol. The van der Waals surface area contributed by atoms with E-state index >= 15 is 0 Å². The summed E-state index contributed by atoms with van der Waals surface area (Å²) in [5.41, 5.74) is 3.86. The zero-order chi connectivity index (χ0) is 21.5. The largest absolute Gasteiger partial charge is 0.494 e. The predicted molar refractivity (Wildman–Crippen MR) is 120 cm³/mol. The molecule has 0 amide bonds. The first-order chi connectivity index (χ1) is 15.3. The smallest absolute Gasteiger partial charge is 0.305 e. The highest BCUT2D eigenvalue weighted by molar-refractivity contribution is 5.84. The number of hydrogen-bond donors (Lipinski definition) is 0. The second-order valence-electron chi connectivity index (χ2n) is 7.23. The van der Waals surface area contributed by atoms with Gasteiger partial charge in [0.05, 0.1) is 24.8 Å². The van der Waals surface area contributed by atoms with E-state index < -0.39 is 0 Å². The lowest BCUT2D eigenvalue weighted by atomic mass is 10.2. The highest BCUT2D eigenvalue weighted by atomic mass is 16.5. The molecule has 158 valence electrons. The Balaban J connectivity index is 1.56. The molecule has 0 fully saturated rings. The summed E-state index contributed by atoms with van der Waals surface area (Å²) >= 11 is 0. The number of ether oxygens (including phenoxy) is 2. The van der Waals surface area contributed by atoms with Gasteiger partial charge in [-0.15, -0.1) is 0 Å². The van der Waals surface area contributed by atoms with Crippen molar-refractivity contribution < 1.29 is 14.3 Å². The first-order valence-electron chi connectivity index (χ1n) is 10.4. The van der Waals surface area contributed by atoms with Gasteiger partial charge in [-0.3, -0.25) is 14.3 Å². The van der Waals surface area contributed by atoms with Crippen LogP contribution in [0.25, 0.3) is 28.1 Å². The summed E-state index contributed by atoms with van der Waals surface area (Å²) in [6, 6.07) is 20.1. The molecule has 0 radical (unpaired) electrons. The molecular formula is C25H25N3O3. The van der Waals surface area contributed by atoms with Crippen LogP contribution in [0, 0.1) is 0 Å². The average molecular weight is 415 g/mol. The van der Waals surface area contributed by atoms with E-state index in [1.807, 2.05) is 54.7 Å². The third-order valence-corrected chi connectivity index (χ3v) is 5.08. The summed E-state index contributed by atoms with van der Waals surface area (Å²) in [5, 5.41) is 0. The molecule has 6 nitrogen and oxygen atoms in total. The molecule has 0 saturated carbocycles. The van der Waals surface area contributed by atoms with Gasteiger partial charge in [-0.05, 0) is 55.7 Å². The van der Waals surface area contributed by atoms with Crippen LogP contribution < -0.4 is 4.74 Å². The number of carbonyl (C=O) groups is 1. The number of methoxy groups -OCH3 is 1. The van der Waals surface area contributed by atoms with Gasteiger partial charge in [0.1, 0.15) is 11.6 Å². The highest BCUT2D eigenvalue weighted by Crippen LogP contribution is 2.30. The van der Waals surface area contributed by atoms with Crippen LogP contribution in [0.15, 0.2) is 73.1 Å². The number of rotatable bonds is 9. The van der Waals surface area contributed by atoms with Crippen LogP contribution in [0.3, 0.4) is 0 Å². The Hall–Kier alpha value is -3.67. The molecule has 0 bridgehead atoms. The van der Waals surface area contributed by atoms with Crippen molar-refractivity contribution in [2.24, 2.45) is 0 Å². The number of para-hydroxylation sites is 1. The summed E-state index contributed by atoms with van der Waals surface area (Å²) in [7, 11) is 1.42. The molecule has 2 aromatic heterocycles. The number of unbranched alkanes of at least 4 members (excludes halogenated alkanes) is 2. The Morgan fingerprint density at radius 1 is 1.00 bits per heavy atom. The van der Waals surface area contributed by atoms with Gasteiger partial charge in [0.15, 0.2) is 0 Å². The fourth-order valence-electron chi connectivity index (χ4n) is 3.51. The average Bonchev–Trinajstić information content (AvgIpc) is 3.21. The minimum absolute atomic E-state index is 0.162. The Morgan fingerprint density at radius 3 is 2.65 bits per heavy atom. The van der Waals surface area contributed by atoms with Crippen molar-refractivity contribution in [3.8, 4) is 22.8 Å². The van der Waals surface area contributed by atoms with E-state index in [-0.39, 0.29) is 5.97 Å². The van der Waals surface area contributed by atoms with Crippen molar-refractivity contribution in [3.63, 3.8) is 0 Å². The van der Waals surface area contributed by atoms with Gasteiger partial charge in [-0.1, -0.05) is 18.2 Å². The van der Waals surface area contributed by atoms with Gasteiger partial charge >= 0.3 is 5.97 Å². The SMILES string of the molecule is COC(=O)CCCCCOc1ccc2nc(-c3cccnc3)n(-c3ccccc3)c2c1. The molecule has 0 N–H and O–H groups in total. The normalized spacial score (nSPS) is 10.9. The quantitative estimate of drug-likeness (QED) is 0.278. The predicted octanol–water partition coefficient (Wildman–Crippen LogP) is 5.20. The van der Waals surface area contributed by atoms with E-state index in [4.69, 9.17) is 9.72 Å². The van der Waals surface area contributed by atoms with Gasteiger partial charge in [0, 0.05) is 36.1 Å². The van der Waals surface area contributed by atoms with Crippen molar-refractivity contribution in [2.75, 3.05) is 13.7 Å². The third-order valence-electron chi connectivity index (χ3n) is 5.08. The molecule has 0 spiro atoms. The lowest BCUT2D eigenvalue weighted by molar-refractivity contribution is -0.140. The van der Waals surface area contributed by atoms with Crippen LogP contribution in [0.4, 0.5) is 0 Å². The van der Waals surface area contributed by atoms with Crippen molar-refractivity contribution in [3.05, 3.63) is 73.1 Å². The van der Waals surface area contributed by atoms with Gasteiger partial charge < -0.3 is 9.47 Å². The topological polar surface area (TPSA) is 66.2 Å². The molecule has 2 aromatic carbocycles. The number of hydrogen-bond acceptors (Lipinski definition) is 5. The third kappa shape index (κ3) is 4.91. The van der Waals surface area contributed by atoms with Gasteiger partial charge in [-0.25, -0.2) is 4.98 Å². The summed E-state index contributed by atoms with van der Waals surface area (Å²) in [6.45, 7) is 0.599. The molecule has 0 unspecified atom stereocenters. The Bertz CT molecular complexity index is 1140. The number of benzene rings is 2. The zero-order valence-corrected chi connectivity index (χ0v) is 17.5. The van der Waals surface area contributed by atoms with Crippen LogP contribution in [-0.4, -0.2) is 34.2 Å². The van der Waals surface area contributed by atoms with E-state index in [0.29, 0.717) is 13.0 Å². The number of pyridine rings is 1. The van der Waals surface area contributed by atoms with E-state index in [0.717, 1.165) is 53.1 Å². The van der Waals surface area contributed by atoms with Crippen LogP contribution in [-0.2, 0) is 9.53 Å². The van der Waals surface area contributed by atoms with Crippen LogP contribution in [0.2, 0.25) is 0 Å². The molecule has 6 heteroatoms. The maximum Gasteiger partial charge on any atom is 0.305 e. The number of nitrogens with zero attached hydrogens (tertiary/aromatic N) is 3. The summed E-state index contributed by atoms with van der Waals surface area (Å²) < 4.78 is 12.8. The summed E-state index contributed by atoms with van der Waals surface area (Å²) in [5.74, 6) is 1.48. The van der Waals surface area contributed by atoms with E-state index in [9.17, 15) is 4.79 Å². The standard InChI is InChI=1S/C25H25N3O3/c1-30-24(29)12-6-3-7-16-31-21-13-14-22-23(17-21)28(20-10-4-2-5-11-20)25(27-22)19-9-8-15-26-18-19/h2,4-5,8-11,13-15,17-18H,3,6-7,12,16H2,1H3. The molecule has 0 aliphatic heterocycles. The maximum absolute atomic E-state index is 11.2. The Labute approximate surface area is 181 Å². The number of esters is 1. The molecule has 4 aromatic rings. The lowest BCUT2D eigenvalue weighted by Gasteiger charge is -2.10. The van der Waals surface area contributed by atoms with Crippen molar-refractivity contribution in [1.82, 2.24) is 14.5 Å². The van der Waals surface area contributed by atoms with Gasteiger partial charge in [0.2, 0.25) is 0 Å². The van der Waals surface area contributed by atoms with Crippen molar-refractivity contribution >= 4 is 17.0 Å². The first-order valence-corrected chi connectivity index (χ1v) is 10.4. The van der Waals surface area contributed by atoms with Crippen LogP contribution in [0.5, 0.6) is 5.75 Å². The number of fused-ring (bicyclic) bond motifs is 1. The molecule has 0 aliphatic carbocycles. The second kappa shape index (κ2) is 9.89. The zero-order valence-electron chi connectivity index (χ0n) is 17.5. The van der Waals surface area contributed by atoms with E-state index in [1.165, 1.54) is 7.11 Å². The van der Waals surface area contributed by atoms with Gasteiger partial charge in [-0.2, -0.15) is 0 Å². The molecule has 0 saturated heterocycles.